The number of nitrogens with zero attached hydrogens (tertiary/aromatic N) is 2. The number of rotatable bonds is 6. The lowest BCUT2D eigenvalue weighted by atomic mass is 10.1. The molecule has 0 unspecified atom stereocenters. The van der Waals surface area contributed by atoms with Gasteiger partial charge in [-0.1, -0.05) is 6.07 Å². The van der Waals surface area contributed by atoms with Gasteiger partial charge in [-0.3, -0.25) is 9.69 Å². The number of nitrogens with one attached hydrogen (secondary N) is 2. The van der Waals surface area contributed by atoms with Crippen LogP contribution in [0.4, 0.5) is 10.5 Å². The highest BCUT2D eigenvalue weighted by molar-refractivity contribution is 7.11. The van der Waals surface area contributed by atoms with E-state index in [2.05, 4.69) is 22.5 Å². The van der Waals surface area contributed by atoms with Gasteiger partial charge in [-0.25, -0.2) is 9.78 Å². The zero-order valence-electron chi connectivity index (χ0n) is 15.4. The minimum absolute atomic E-state index is 0.111. The van der Waals surface area contributed by atoms with Gasteiger partial charge in [-0.2, -0.15) is 0 Å². The summed E-state index contributed by atoms with van der Waals surface area (Å²) in [4.78, 5) is 31.8. The SMILES string of the molecule is Cc1ccc(C(=O)NCCCc2nc(C)c(C)s2)cc1N1CCNC1=O. The molecule has 1 aliphatic heterocycles. The predicted octanol–water partition coefficient (Wildman–Crippen LogP) is 2.96. The highest BCUT2D eigenvalue weighted by Gasteiger charge is 2.23. The molecule has 0 spiro atoms. The lowest BCUT2D eigenvalue weighted by Crippen LogP contribution is -2.29. The molecule has 0 radical (unpaired) electrons. The molecule has 3 rings (SSSR count). The number of benzene rings is 1. The van der Waals surface area contributed by atoms with E-state index in [1.54, 1.807) is 28.4 Å². The number of hydrogen-bond acceptors (Lipinski definition) is 4. The van der Waals surface area contributed by atoms with Crippen LogP contribution in [-0.4, -0.2) is 36.6 Å². The first-order valence-electron chi connectivity index (χ1n) is 8.83. The van der Waals surface area contributed by atoms with Gasteiger partial charge in [0.15, 0.2) is 0 Å². The largest absolute Gasteiger partial charge is 0.352 e. The Morgan fingerprint density at radius 2 is 2.15 bits per heavy atom. The lowest BCUT2D eigenvalue weighted by molar-refractivity contribution is 0.0953. The summed E-state index contributed by atoms with van der Waals surface area (Å²) in [6.07, 6.45) is 1.72. The third-order valence-electron chi connectivity index (χ3n) is 4.54. The average molecular weight is 372 g/mol. The maximum atomic E-state index is 12.4. The van der Waals surface area contributed by atoms with Gasteiger partial charge in [-0.05, 0) is 44.9 Å². The first kappa shape index (κ1) is 18.4. The highest BCUT2D eigenvalue weighted by atomic mass is 32.1. The summed E-state index contributed by atoms with van der Waals surface area (Å²) in [7, 11) is 0. The van der Waals surface area contributed by atoms with E-state index in [-0.39, 0.29) is 11.9 Å². The molecule has 0 atom stereocenters. The second kappa shape index (κ2) is 7.86. The Balaban J connectivity index is 1.56. The fourth-order valence-corrected chi connectivity index (χ4v) is 3.91. The molecule has 3 amide bonds. The van der Waals surface area contributed by atoms with Crippen LogP contribution in [0.1, 0.15) is 37.9 Å². The van der Waals surface area contributed by atoms with Crippen LogP contribution in [0.2, 0.25) is 0 Å². The fraction of sp³-hybridized carbons (Fsp3) is 0.421. The Morgan fingerprint density at radius 3 is 2.81 bits per heavy atom. The van der Waals surface area contributed by atoms with Crippen molar-refractivity contribution < 1.29 is 9.59 Å². The van der Waals surface area contributed by atoms with Gasteiger partial charge in [-0.15, -0.1) is 11.3 Å². The molecule has 26 heavy (non-hydrogen) atoms. The summed E-state index contributed by atoms with van der Waals surface area (Å²) in [5.41, 5.74) is 3.44. The third-order valence-corrected chi connectivity index (χ3v) is 5.68. The molecule has 1 fully saturated rings. The van der Waals surface area contributed by atoms with E-state index < -0.39 is 0 Å². The van der Waals surface area contributed by atoms with Crippen molar-refractivity contribution in [3.8, 4) is 0 Å². The van der Waals surface area contributed by atoms with Crippen LogP contribution in [0.5, 0.6) is 0 Å². The van der Waals surface area contributed by atoms with Gasteiger partial charge in [0.1, 0.15) is 0 Å². The van der Waals surface area contributed by atoms with Crippen molar-refractivity contribution in [2.75, 3.05) is 24.5 Å². The summed E-state index contributed by atoms with van der Waals surface area (Å²) in [6.45, 7) is 7.90. The number of urea groups is 1. The van der Waals surface area contributed by atoms with Gasteiger partial charge >= 0.3 is 6.03 Å². The quantitative estimate of drug-likeness (QED) is 0.766. The van der Waals surface area contributed by atoms with Crippen molar-refractivity contribution >= 4 is 29.0 Å². The zero-order chi connectivity index (χ0) is 18.7. The van der Waals surface area contributed by atoms with Crippen molar-refractivity contribution in [2.45, 2.75) is 33.6 Å². The second-order valence-corrected chi connectivity index (χ2v) is 7.78. The predicted molar refractivity (Wildman–Crippen MR) is 104 cm³/mol. The number of aromatic nitrogens is 1. The van der Waals surface area contributed by atoms with Crippen molar-refractivity contribution in [3.63, 3.8) is 0 Å². The molecular formula is C19H24N4O2S. The van der Waals surface area contributed by atoms with Gasteiger partial charge in [0.05, 0.1) is 10.7 Å². The number of carbonyl (C=O) groups is 2. The summed E-state index contributed by atoms with van der Waals surface area (Å²) in [6, 6.07) is 5.37. The molecular weight excluding hydrogens is 348 g/mol. The molecule has 1 aliphatic rings. The first-order valence-corrected chi connectivity index (χ1v) is 9.64. The van der Waals surface area contributed by atoms with Crippen molar-refractivity contribution in [1.82, 2.24) is 15.6 Å². The summed E-state index contributed by atoms with van der Waals surface area (Å²) >= 11 is 1.72. The number of hydrogen-bond donors (Lipinski definition) is 2. The molecule has 1 aromatic carbocycles. The van der Waals surface area contributed by atoms with Crippen LogP contribution < -0.4 is 15.5 Å². The molecule has 6 nitrogen and oxygen atoms in total. The Kier molecular flexibility index (Phi) is 5.56. The van der Waals surface area contributed by atoms with Crippen molar-refractivity contribution in [3.05, 3.63) is 44.9 Å². The number of carbonyl (C=O) groups excluding carboxylic acids is 2. The van der Waals surface area contributed by atoms with Gasteiger partial charge < -0.3 is 10.6 Å². The van der Waals surface area contributed by atoms with E-state index in [1.165, 1.54) is 4.88 Å². The highest BCUT2D eigenvalue weighted by Crippen LogP contribution is 2.23. The maximum Gasteiger partial charge on any atom is 0.322 e. The molecule has 0 bridgehead atoms. The van der Waals surface area contributed by atoms with Crippen LogP contribution >= 0.6 is 11.3 Å². The third kappa shape index (κ3) is 4.04. The van der Waals surface area contributed by atoms with Crippen LogP contribution in [0.3, 0.4) is 0 Å². The second-order valence-electron chi connectivity index (χ2n) is 6.49. The molecule has 2 heterocycles. The Morgan fingerprint density at radius 1 is 1.35 bits per heavy atom. The van der Waals surface area contributed by atoms with Crippen LogP contribution in [0.15, 0.2) is 18.2 Å². The molecule has 0 saturated carbocycles. The average Bonchev–Trinajstić information content (AvgIpc) is 3.17. The van der Waals surface area contributed by atoms with E-state index in [4.69, 9.17) is 0 Å². The van der Waals surface area contributed by atoms with Gasteiger partial charge in [0, 0.05) is 42.2 Å². The molecule has 138 valence electrons. The maximum absolute atomic E-state index is 12.4. The van der Waals surface area contributed by atoms with Crippen molar-refractivity contribution in [2.24, 2.45) is 0 Å². The molecule has 1 aromatic heterocycles. The number of aryl methyl sites for hydroxylation is 4. The van der Waals surface area contributed by atoms with Crippen LogP contribution in [0.25, 0.3) is 0 Å². The van der Waals surface area contributed by atoms with Gasteiger partial charge in [0.25, 0.3) is 5.91 Å². The molecule has 7 heteroatoms. The van der Waals surface area contributed by atoms with E-state index in [0.29, 0.717) is 25.2 Å². The summed E-state index contributed by atoms with van der Waals surface area (Å²) in [5, 5.41) is 6.86. The molecule has 0 aliphatic carbocycles. The van der Waals surface area contributed by atoms with Crippen LogP contribution in [0, 0.1) is 20.8 Å². The molecule has 2 aromatic rings. The first-order chi connectivity index (χ1) is 12.5. The minimum atomic E-state index is -0.114. The standard InChI is InChI=1S/C19H24N4O2S/c1-12-6-7-15(11-16(12)23-10-9-21-19(23)25)18(24)20-8-4-5-17-22-13(2)14(3)26-17/h6-7,11H,4-5,8-10H2,1-3H3,(H,20,24)(H,21,25). The Labute approximate surface area is 157 Å². The van der Waals surface area contributed by atoms with Crippen LogP contribution in [-0.2, 0) is 6.42 Å². The number of anilines is 1. The number of amides is 3. The van der Waals surface area contributed by atoms with Gasteiger partial charge in [0.2, 0.25) is 0 Å². The Hall–Kier alpha value is -2.41. The van der Waals surface area contributed by atoms with E-state index in [0.717, 1.165) is 34.8 Å². The fourth-order valence-electron chi connectivity index (χ4n) is 2.93. The minimum Gasteiger partial charge on any atom is -0.352 e. The van der Waals surface area contributed by atoms with E-state index in [1.807, 2.05) is 19.9 Å². The number of thiazole rings is 1. The topological polar surface area (TPSA) is 74.3 Å². The molecule has 2 N–H and O–H groups in total. The van der Waals surface area contributed by atoms with E-state index in [9.17, 15) is 9.59 Å². The Bertz CT molecular complexity index is 811. The van der Waals surface area contributed by atoms with E-state index >= 15 is 0 Å². The van der Waals surface area contributed by atoms with Crippen molar-refractivity contribution in [1.29, 1.82) is 0 Å². The summed E-state index contributed by atoms with van der Waals surface area (Å²) < 4.78 is 0. The zero-order valence-corrected chi connectivity index (χ0v) is 16.2. The monoisotopic (exact) mass is 372 g/mol. The smallest absolute Gasteiger partial charge is 0.322 e. The lowest BCUT2D eigenvalue weighted by Gasteiger charge is -2.18. The normalized spacial score (nSPS) is 13.8. The summed E-state index contributed by atoms with van der Waals surface area (Å²) in [5.74, 6) is -0.114. The molecule has 1 saturated heterocycles.